The van der Waals surface area contributed by atoms with E-state index in [4.69, 9.17) is 0 Å². The van der Waals surface area contributed by atoms with Gasteiger partial charge in [0.1, 0.15) is 0 Å². The van der Waals surface area contributed by atoms with Gasteiger partial charge < -0.3 is 5.32 Å². The summed E-state index contributed by atoms with van der Waals surface area (Å²) in [5.74, 6) is 0.131. The Balaban J connectivity index is 1.76. The first-order valence-corrected chi connectivity index (χ1v) is 9.56. The second-order valence-corrected chi connectivity index (χ2v) is 8.09. The first-order chi connectivity index (χ1) is 12.4. The summed E-state index contributed by atoms with van der Waals surface area (Å²) < 4.78 is 0. The summed E-state index contributed by atoms with van der Waals surface area (Å²) in [6, 6.07) is 10.2. The van der Waals surface area contributed by atoms with Crippen LogP contribution in [0.3, 0.4) is 0 Å². The van der Waals surface area contributed by atoms with E-state index in [2.05, 4.69) is 39.5 Å². The molecule has 1 aliphatic heterocycles. The van der Waals surface area contributed by atoms with Crippen molar-refractivity contribution in [2.45, 2.75) is 58.5 Å². The van der Waals surface area contributed by atoms with Crippen molar-refractivity contribution in [3.63, 3.8) is 0 Å². The molecule has 5 nitrogen and oxygen atoms in total. The number of nitrogens with zero attached hydrogens (tertiary/aromatic N) is 2. The van der Waals surface area contributed by atoms with Crippen LogP contribution < -0.4 is 5.32 Å². The number of rotatable bonds is 4. The first kappa shape index (κ1) is 18.6. The third-order valence-electron chi connectivity index (χ3n) is 4.93. The van der Waals surface area contributed by atoms with Gasteiger partial charge in [0.15, 0.2) is 0 Å². The van der Waals surface area contributed by atoms with Crippen molar-refractivity contribution in [3.05, 3.63) is 41.6 Å². The van der Waals surface area contributed by atoms with Gasteiger partial charge in [-0.1, -0.05) is 37.3 Å². The summed E-state index contributed by atoms with van der Waals surface area (Å²) in [5.41, 5.74) is 4.50. The number of carbonyl (C=O) groups excluding carboxylic acids is 1. The van der Waals surface area contributed by atoms with Gasteiger partial charge in [-0.25, -0.2) is 0 Å². The van der Waals surface area contributed by atoms with Crippen LogP contribution >= 0.6 is 0 Å². The average molecular weight is 354 g/mol. The van der Waals surface area contributed by atoms with E-state index in [1.807, 2.05) is 39.0 Å². The first-order valence-electron chi connectivity index (χ1n) is 9.56. The number of H-pyrrole nitrogens is 1. The Morgan fingerprint density at radius 2 is 1.92 bits per heavy atom. The summed E-state index contributed by atoms with van der Waals surface area (Å²) in [7, 11) is 0. The van der Waals surface area contributed by atoms with Crippen LogP contribution in [-0.2, 0) is 17.6 Å². The fraction of sp³-hybridized carbons (Fsp3) is 0.524. The summed E-state index contributed by atoms with van der Waals surface area (Å²) in [6.45, 7) is 9.93. The Morgan fingerprint density at radius 3 is 2.58 bits per heavy atom. The highest BCUT2D eigenvalue weighted by Gasteiger charge is 2.29. The van der Waals surface area contributed by atoms with Gasteiger partial charge in [-0.05, 0) is 33.6 Å². The minimum absolute atomic E-state index is 0.0774. The molecule has 1 aliphatic rings. The van der Waals surface area contributed by atoms with Gasteiger partial charge in [-0.2, -0.15) is 5.10 Å². The number of aromatic amines is 1. The van der Waals surface area contributed by atoms with Gasteiger partial charge >= 0.3 is 0 Å². The molecule has 1 atom stereocenters. The minimum atomic E-state index is -0.203. The van der Waals surface area contributed by atoms with Gasteiger partial charge in [0.25, 0.3) is 0 Å². The molecule has 0 radical (unpaired) electrons. The Bertz CT molecular complexity index is 745. The number of aromatic nitrogens is 2. The quantitative estimate of drug-likeness (QED) is 0.886. The molecule has 0 fully saturated rings. The molecule has 2 aromatic rings. The maximum atomic E-state index is 12.7. The van der Waals surface area contributed by atoms with E-state index < -0.39 is 0 Å². The second kappa shape index (κ2) is 7.62. The molecule has 1 aromatic carbocycles. The molecule has 0 saturated carbocycles. The number of nitrogens with one attached hydrogen (secondary N) is 2. The van der Waals surface area contributed by atoms with Gasteiger partial charge in [-0.3, -0.25) is 14.8 Å². The predicted molar refractivity (Wildman–Crippen MR) is 105 cm³/mol. The molecule has 1 unspecified atom stereocenters. The number of fused-ring (bicyclic) bond motifs is 1. The highest BCUT2D eigenvalue weighted by molar-refractivity contribution is 5.82. The standard InChI is InChI=1S/C21H30N4O/c1-5-18(20(26)22-21(2,3)4)25-13-11-16-17(12-14-25)23-24-19(16)15-9-7-6-8-10-15/h6-10,18H,5,11-14H2,1-4H3,(H,22,26)(H,23,24). The van der Waals surface area contributed by atoms with Crippen LogP contribution in [-0.4, -0.2) is 45.7 Å². The summed E-state index contributed by atoms with van der Waals surface area (Å²) in [6.07, 6.45) is 2.63. The van der Waals surface area contributed by atoms with Crippen LogP contribution in [0, 0.1) is 0 Å². The van der Waals surface area contributed by atoms with Gasteiger partial charge in [0, 0.05) is 41.9 Å². The van der Waals surface area contributed by atoms with Crippen molar-refractivity contribution >= 4 is 5.91 Å². The number of amides is 1. The molecule has 0 aliphatic carbocycles. The van der Waals surface area contributed by atoms with Crippen molar-refractivity contribution in [1.82, 2.24) is 20.4 Å². The maximum Gasteiger partial charge on any atom is 0.237 e. The van der Waals surface area contributed by atoms with Crippen molar-refractivity contribution in [2.75, 3.05) is 13.1 Å². The topological polar surface area (TPSA) is 61.0 Å². The lowest BCUT2D eigenvalue weighted by atomic mass is 10.0. The zero-order chi connectivity index (χ0) is 18.7. The summed E-state index contributed by atoms with van der Waals surface area (Å²) >= 11 is 0. The molecule has 0 spiro atoms. The number of hydrogen-bond donors (Lipinski definition) is 2. The van der Waals surface area contributed by atoms with Crippen molar-refractivity contribution in [2.24, 2.45) is 0 Å². The number of carbonyl (C=O) groups is 1. The van der Waals surface area contributed by atoms with E-state index in [0.717, 1.165) is 43.6 Å². The fourth-order valence-electron chi connectivity index (χ4n) is 3.71. The summed E-state index contributed by atoms with van der Waals surface area (Å²) in [4.78, 5) is 15.1. The molecule has 1 aromatic heterocycles. The minimum Gasteiger partial charge on any atom is -0.350 e. The highest BCUT2D eigenvalue weighted by Crippen LogP contribution is 2.27. The van der Waals surface area contributed by atoms with E-state index in [-0.39, 0.29) is 17.5 Å². The third-order valence-corrected chi connectivity index (χ3v) is 4.93. The van der Waals surface area contributed by atoms with Gasteiger partial charge in [0.05, 0.1) is 11.7 Å². The van der Waals surface area contributed by atoms with Crippen LogP contribution in [0.1, 0.15) is 45.4 Å². The Hall–Kier alpha value is -2.14. The molecular formula is C21H30N4O. The van der Waals surface area contributed by atoms with Crippen molar-refractivity contribution < 1.29 is 4.79 Å². The fourth-order valence-corrected chi connectivity index (χ4v) is 3.71. The average Bonchev–Trinajstić information content (AvgIpc) is 2.88. The zero-order valence-corrected chi connectivity index (χ0v) is 16.3. The van der Waals surface area contributed by atoms with Crippen LogP contribution in [0.2, 0.25) is 0 Å². The maximum absolute atomic E-state index is 12.7. The van der Waals surface area contributed by atoms with Gasteiger partial charge in [0.2, 0.25) is 5.91 Å². The van der Waals surface area contributed by atoms with Crippen molar-refractivity contribution in [1.29, 1.82) is 0 Å². The normalized spacial score (nSPS) is 16.6. The lowest BCUT2D eigenvalue weighted by Gasteiger charge is -2.31. The molecule has 0 saturated heterocycles. The molecule has 5 heteroatoms. The molecular weight excluding hydrogens is 324 g/mol. The molecule has 2 N–H and O–H groups in total. The number of benzene rings is 1. The Morgan fingerprint density at radius 1 is 1.23 bits per heavy atom. The highest BCUT2D eigenvalue weighted by atomic mass is 16.2. The van der Waals surface area contributed by atoms with E-state index in [1.54, 1.807) is 0 Å². The predicted octanol–water partition coefficient (Wildman–Crippen LogP) is 3.17. The molecule has 140 valence electrons. The zero-order valence-electron chi connectivity index (χ0n) is 16.3. The lowest BCUT2D eigenvalue weighted by Crippen LogP contribution is -2.52. The van der Waals surface area contributed by atoms with Crippen LogP contribution in [0.15, 0.2) is 30.3 Å². The molecule has 0 bridgehead atoms. The summed E-state index contributed by atoms with van der Waals surface area (Å²) in [5, 5.41) is 10.9. The van der Waals surface area contributed by atoms with Crippen LogP contribution in [0.5, 0.6) is 0 Å². The Kier molecular flexibility index (Phi) is 5.47. The molecule has 26 heavy (non-hydrogen) atoms. The van der Waals surface area contributed by atoms with Crippen LogP contribution in [0.4, 0.5) is 0 Å². The lowest BCUT2D eigenvalue weighted by molar-refractivity contribution is -0.128. The van der Waals surface area contributed by atoms with E-state index in [0.29, 0.717) is 0 Å². The van der Waals surface area contributed by atoms with Gasteiger partial charge in [-0.15, -0.1) is 0 Å². The van der Waals surface area contributed by atoms with E-state index >= 15 is 0 Å². The molecule has 3 rings (SSSR count). The number of hydrogen-bond acceptors (Lipinski definition) is 3. The van der Waals surface area contributed by atoms with Crippen LogP contribution in [0.25, 0.3) is 11.3 Å². The monoisotopic (exact) mass is 354 g/mol. The van der Waals surface area contributed by atoms with E-state index in [1.165, 1.54) is 11.3 Å². The largest absolute Gasteiger partial charge is 0.350 e. The third kappa shape index (κ3) is 4.15. The van der Waals surface area contributed by atoms with Crippen molar-refractivity contribution in [3.8, 4) is 11.3 Å². The second-order valence-electron chi connectivity index (χ2n) is 8.09. The molecule has 2 heterocycles. The Labute approximate surface area is 156 Å². The van der Waals surface area contributed by atoms with E-state index in [9.17, 15) is 4.79 Å². The molecule has 1 amide bonds. The smallest absolute Gasteiger partial charge is 0.237 e. The SMILES string of the molecule is CCC(C(=O)NC(C)(C)C)N1CCc2[nH]nc(-c3ccccc3)c2CC1.